The third kappa shape index (κ3) is 2.79. The number of nitrogens with zero attached hydrogens (tertiary/aromatic N) is 1. The fraction of sp³-hybridized carbons (Fsp3) is 0.538. The zero-order valence-corrected chi connectivity index (χ0v) is 10.6. The van der Waals surface area contributed by atoms with Crippen LogP contribution >= 0.6 is 0 Å². The highest BCUT2D eigenvalue weighted by Gasteiger charge is 2.34. The van der Waals surface area contributed by atoms with Gasteiger partial charge in [-0.1, -0.05) is 12.8 Å². The van der Waals surface area contributed by atoms with Gasteiger partial charge >= 0.3 is 6.03 Å². The number of aromatic nitrogens is 1. The van der Waals surface area contributed by atoms with Crippen molar-refractivity contribution in [3.8, 4) is 0 Å². The van der Waals surface area contributed by atoms with Crippen LogP contribution in [0.4, 0.5) is 10.5 Å². The van der Waals surface area contributed by atoms with Crippen LogP contribution in [0.1, 0.15) is 31.2 Å². The van der Waals surface area contributed by atoms with Crippen molar-refractivity contribution in [1.82, 2.24) is 10.3 Å². The number of hydrogen-bond acceptors (Lipinski definition) is 3. The number of amides is 2. The number of rotatable bonds is 3. The first kappa shape index (κ1) is 12.8. The number of nitrogens with one attached hydrogen (secondary N) is 2. The standard InChI is InChI=1S/C13H19N3O2/c1-10-8-14-7-4-11(10)15-12(18)16-13(9-17)5-2-3-6-13/h4,7-8,17H,2-3,5-6,9H2,1H3,(H2,14,15,16,18). The van der Waals surface area contributed by atoms with Crippen molar-refractivity contribution in [1.29, 1.82) is 0 Å². The maximum atomic E-state index is 11.9. The zero-order valence-electron chi connectivity index (χ0n) is 10.6. The summed E-state index contributed by atoms with van der Waals surface area (Å²) in [6.07, 6.45) is 7.12. The fourth-order valence-electron chi connectivity index (χ4n) is 2.38. The van der Waals surface area contributed by atoms with Gasteiger partial charge < -0.3 is 15.7 Å². The molecule has 1 aliphatic rings. The van der Waals surface area contributed by atoms with Crippen LogP contribution in [0.5, 0.6) is 0 Å². The van der Waals surface area contributed by atoms with Crippen LogP contribution in [0, 0.1) is 6.92 Å². The van der Waals surface area contributed by atoms with Crippen molar-refractivity contribution >= 4 is 11.7 Å². The van der Waals surface area contributed by atoms with E-state index in [0.717, 1.165) is 36.9 Å². The molecule has 0 atom stereocenters. The second kappa shape index (κ2) is 5.35. The van der Waals surface area contributed by atoms with Gasteiger partial charge in [0.2, 0.25) is 0 Å². The smallest absolute Gasteiger partial charge is 0.319 e. The van der Waals surface area contributed by atoms with E-state index < -0.39 is 5.54 Å². The average Bonchev–Trinajstić information content (AvgIpc) is 2.81. The lowest BCUT2D eigenvalue weighted by molar-refractivity contribution is 0.167. The Morgan fingerprint density at radius 2 is 2.22 bits per heavy atom. The van der Waals surface area contributed by atoms with Crippen LogP contribution in [0.25, 0.3) is 0 Å². The molecule has 1 aromatic heterocycles. The summed E-state index contributed by atoms with van der Waals surface area (Å²) in [6.45, 7) is 1.88. The number of carbonyl (C=O) groups excluding carboxylic acids is 1. The van der Waals surface area contributed by atoms with Crippen molar-refractivity contribution in [2.24, 2.45) is 0 Å². The first-order valence-corrected chi connectivity index (χ1v) is 6.26. The monoisotopic (exact) mass is 249 g/mol. The first-order chi connectivity index (χ1) is 8.65. The van der Waals surface area contributed by atoms with Gasteiger partial charge in [0, 0.05) is 18.1 Å². The van der Waals surface area contributed by atoms with Crippen LogP contribution in [0.3, 0.4) is 0 Å². The minimum Gasteiger partial charge on any atom is -0.394 e. The van der Waals surface area contributed by atoms with Gasteiger partial charge in [-0.2, -0.15) is 0 Å². The largest absolute Gasteiger partial charge is 0.394 e. The molecule has 18 heavy (non-hydrogen) atoms. The van der Waals surface area contributed by atoms with Crippen LogP contribution in [-0.4, -0.2) is 28.3 Å². The molecule has 2 rings (SSSR count). The summed E-state index contributed by atoms with van der Waals surface area (Å²) in [6, 6.07) is 1.50. The van der Waals surface area contributed by atoms with Gasteiger partial charge in [-0.05, 0) is 31.4 Å². The molecule has 0 saturated heterocycles. The van der Waals surface area contributed by atoms with E-state index in [2.05, 4.69) is 15.6 Å². The van der Waals surface area contributed by atoms with E-state index in [4.69, 9.17) is 0 Å². The van der Waals surface area contributed by atoms with Gasteiger partial charge in [0.15, 0.2) is 0 Å². The Morgan fingerprint density at radius 1 is 1.50 bits per heavy atom. The highest BCUT2D eigenvalue weighted by molar-refractivity contribution is 5.90. The molecule has 0 aromatic carbocycles. The Bertz CT molecular complexity index is 428. The minimum absolute atomic E-state index is 0.00422. The number of hydrogen-bond donors (Lipinski definition) is 3. The molecule has 1 aromatic rings. The normalized spacial score (nSPS) is 17.4. The van der Waals surface area contributed by atoms with Gasteiger partial charge in [-0.15, -0.1) is 0 Å². The molecule has 5 heteroatoms. The molecule has 0 aliphatic heterocycles. The van der Waals surface area contributed by atoms with Crippen molar-refractivity contribution < 1.29 is 9.90 Å². The summed E-state index contributed by atoms with van der Waals surface area (Å²) in [4.78, 5) is 15.9. The summed E-state index contributed by atoms with van der Waals surface area (Å²) < 4.78 is 0. The fourth-order valence-corrected chi connectivity index (χ4v) is 2.38. The van der Waals surface area contributed by atoms with Gasteiger partial charge in [0.25, 0.3) is 0 Å². The van der Waals surface area contributed by atoms with E-state index in [9.17, 15) is 9.90 Å². The van der Waals surface area contributed by atoms with Crippen LogP contribution < -0.4 is 10.6 Å². The summed E-state index contributed by atoms with van der Waals surface area (Å²) in [5.41, 5.74) is 1.22. The van der Waals surface area contributed by atoms with Crippen molar-refractivity contribution in [3.63, 3.8) is 0 Å². The Morgan fingerprint density at radius 3 is 2.83 bits per heavy atom. The topological polar surface area (TPSA) is 74.2 Å². The summed E-state index contributed by atoms with van der Waals surface area (Å²) in [7, 11) is 0. The molecule has 5 nitrogen and oxygen atoms in total. The number of aryl methyl sites for hydroxylation is 1. The van der Waals surface area contributed by atoms with Gasteiger partial charge in [0.1, 0.15) is 0 Å². The van der Waals surface area contributed by atoms with E-state index in [1.807, 2.05) is 6.92 Å². The first-order valence-electron chi connectivity index (χ1n) is 6.26. The molecule has 0 radical (unpaired) electrons. The number of aliphatic hydroxyl groups excluding tert-OH is 1. The van der Waals surface area contributed by atoms with E-state index in [0.29, 0.717) is 0 Å². The van der Waals surface area contributed by atoms with E-state index in [1.165, 1.54) is 0 Å². The Kier molecular flexibility index (Phi) is 3.81. The molecule has 3 N–H and O–H groups in total. The number of pyridine rings is 1. The molecule has 98 valence electrons. The Hall–Kier alpha value is -1.62. The van der Waals surface area contributed by atoms with Crippen LogP contribution in [-0.2, 0) is 0 Å². The molecule has 0 bridgehead atoms. The molecule has 1 saturated carbocycles. The van der Waals surface area contributed by atoms with Gasteiger partial charge in [-0.3, -0.25) is 4.98 Å². The van der Waals surface area contributed by atoms with Crippen molar-refractivity contribution in [2.75, 3.05) is 11.9 Å². The quantitative estimate of drug-likeness (QED) is 0.765. The molecule has 2 amide bonds. The van der Waals surface area contributed by atoms with Gasteiger partial charge in [-0.25, -0.2) is 4.79 Å². The molecular formula is C13H19N3O2. The predicted molar refractivity (Wildman–Crippen MR) is 69.4 cm³/mol. The van der Waals surface area contributed by atoms with Crippen molar-refractivity contribution in [3.05, 3.63) is 24.0 Å². The summed E-state index contributed by atoms with van der Waals surface area (Å²) >= 11 is 0. The van der Waals surface area contributed by atoms with E-state index in [1.54, 1.807) is 18.5 Å². The predicted octanol–water partition coefficient (Wildman–Crippen LogP) is 1.82. The Labute approximate surface area is 107 Å². The third-order valence-electron chi connectivity index (χ3n) is 3.51. The third-order valence-corrected chi connectivity index (χ3v) is 3.51. The highest BCUT2D eigenvalue weighted by Crippen LogP contribution is 2.29. The van der Waals surface area contributed by atoms with E-state index in [-0.39, 0.29) is 12.6 Å². The lowest BCUT2D eigenvalue weighted by atomic mass is 9.99. The van der Waals surface area contributed by atoms with Crippen LogP contribution in [0.2, 0.25) is 0 Å². The molecular weight excluding hydrogens is 230 g/mol. The number of carbonyl (C=O) groups is 1. The zero-order chi connectivity index (χ0) is 13.0. The summed E-state index contributed by atoms with van der Waals surface area (Å²) in [5, 5.41) is 15.1. The maximum Gasteiger partial charge on any atom is 0.319 e. The Balaban J connectivity index is 1.98. The van der Waals surface area contributed by atoms with Gasteiger partial charge in [0.05, 0.1) is 12.1 Å². The number of aliphatic hydroxyl groups is 1. The second-order valence-corrected chi connectivity index (χ2v) is 4.92. The highest BCUT2D eigenvalue weighted by atomic mass is 16.3. The molecule has 1 heterocycles. The minimum atomic E-state index is -0.439. The lowest BCUT2D eigenvalue weighted by Gasteiger charge is -2.28. The molecule has 1 fully saturated rings. The molecule has 0 spiro atoms. The average molecular weight is 249 g/mol. The molecule has 1 aliphatic carbocycles. The summed E-state index contributed by atoms with van der Waals surface area (Å²) in [5.74, 6) is 0. The molecule has 0 unspecified atom stereocenters. The van der Waals surface area contributed by atoms with Crippen LogP contribution in [0.15, 0.2) is 18.5 Å². The number of anilines is 1. The van der Waals surface area contributed by atoms with E-state index >= 15 is 0 Å². The van der Waals surface area contributed by atoms with Crippen molar-refractivity contribution in [2.45, 2.75) is 38.1 Å². The lowest BCUT2D eigenvalue weighted by Crippen LogP contribution is -2.50. The maximum absolute atomic E-state index is 11.9. The number of urea groups is 1. The SMILES string of the molecule is Cc1cnccc1NC(=O)NC1(CO)CCCC1. The second-order valence-electron chi connectivity index (χ2n) is 4.92.